The molecule has 0 bridgehead atoms. The Kier molecular flexibility index (Phi) is 5.22. The maximum absolute atomic E-state index is 10.6. The van der Waals surface area contributed by atoms with Gasteiger partial charge in [-0.1, -0.05) is 0 Å². The highest BCUT2D eigenvalue weighted by atomic mass is 16.5. The first-order valence-corrected chi connectivity index (χ1v) is 3.38. The van der Waals surface area contributed by atoms with E-state index < -0.39 is 12.1 Å². The summed E-state index contributed by atoms with van der Waals surface area (Å²) in [6.07, 6.45) is -0.166. The fraction of sp³-hybridized carbons (Fsp3) is 0.625. The van der Waals surface area contributed by atoms with Crippen LogP contribution in [0.1, 0.15) is 19.8 Å². The molecule has 0 aliphatic heterocycles. The number of carbonyl (C=O) groups excluding carboxylic acids is 1. The van der Waals surface area contributed by atoms with Gasteiger partial charge in [-0.2, -0.15) is 0 Å². The van der Waals surface area contributed by atoms with Crippen LogP contribution in [-0.4, -0.2) is 24.3 Å². The van der Waals surface area contributed by atoms with Crippen molar-refractivity contribution >= 4 is 5.97 Å². The van der Waals surface area contributed by atoms with Crippen molar-refractivity contribution in [1.29, 1.82) is 0 Å². The van der Waals surface area contributed by atoms with Gasteiger partial charge in [0.2, 0.25) is 0 Å². The minimum absolute atomic E-state index is 0.341. The fourth-order valence-electron chi connectivity index (χ4n) is 0.588. The van der Waals surface area contributed by atoms with E-state index >= 15 is 0 Å². The molecule has 0 heterocycles. The molecule has 0 aromatic heterocycles. The third-order valence-corrected chi connectivity index (χ3v) is 1.19. The van der Waals surface area contributed by atoms with Crippen molar-refractivity contribution in [1.82, 2.24) is 0 Å². The van der Waals surface area contributed by atoms with Gasteiger partial charge in [0.1, 0.15) is 0 Å². The Morgan fingerprint density at radius 2 is 2.36 bits per heavy atom. The van der Waals surface area contributed by atoms with Crippen LogP contribution >= 0.6 is 0 Å². The van der Waals surface area contributed by atoms with Crippen LogP contribution in [0.2, 0.25) is 0 Å². The molecule has 3 nitrogen and oxygen atoms in total. The summed E-state index contributed by atoms with van der Waals surface area (Å²) in [4.78, 5) is 10.6. The monoisotopic (exact) mass is 156 g/mol. The van der Waals surface area contributed by atoms with Crippen LogP contribution in [0.4, 0.5) is 0 Å². The normalized spacial score (nSPS) is 11.2. The van der Waals surface area contributed by atoms with Crippen LogP contribution in [0.5, 0.6) is 0 Å². The minimum Gasteiger partial charge on any atom is -0.467 e. The molecule has 0 rings (SSSR count). The predicted molar refractivity (Wildman–Crippen MR) is 40.7 cm³/mol. The maximum Gasteiger partial charge on any atom is 0.334 e. The average molecular weight is 156 g/mol. The molecule has 1 atom stereocenters. The van der Waals surface area contributed by atoms with Gasteiger partial charge in [0, 0.05) is 6.42 Å². The second-order valence-electron chi connectivity index (χ2n) is 2.00. The summed E-state index contributed by atoms with van der Waals surface area (Å²) in [7, 11) is 1.25. The average Bonchev–Trinajstić information content (AvgIpc) is 2.03. The van der Waals surface area contributed by atoms with E-state index in [-0.39, 0.29) is 0 Å². The van der Waals surface area contributed by atoms with Gasteiger partial charge in [0.25, 0.3) is 0 Å². The third kappa shape index (κ3) is 4.40. The third-order valence-electron chi connectivity index (χ3n) is 1.19. The summed E-state index contributed by atoms with van der Waals surface area (Å²) >= 11 is 0. The first-order valence-electron chi connectivity index (χ1n) is 3.38. The molecule has 0 aliphatic carbocycles. The zero-order valence-corrected chi connectivity index (χ0v) is 6.76. The van der Waals surface area contributed by atoms with Crippen molar-refractivity contribution in [3.05, 3.63) is 0 Å². The lowest BCUT2D eigenvalue weighted by molar-refractivity contribution is -0.150. The van der Waals surface area contributed by atoms with Crippen molar-refractivity contribution in [2.24, 2.45) is 0 Å². The fourth-order valence-corrected chi connectivity index (χ4v) is 0.588. The molecule has 0 amide bonds. The second-order valence-corrected chi connectivity index (χ2v) is 2.00. The molecule has 0 saturated heterocycles. The van der Waals surface area contributed by atoms with Gasteiger partial charge in [-0.3, -0.25) is 0 Å². The second kappa shape index (κ2) is 5.75. The summed E-state index contributed by atoms with van der Waals surface area (Å²) < 4.78 is 4.31. The van der Waals surface area contributed by atoms with Crippen LogP contribution in [-0.2, 0) is 9.53 Å². The molecule has 0 aliphatic rings. The van der Waals surface area contributed by atoms with Crippen LogP contribution in [0.25, 0.3) is 0 Å². The van der Waals surface area contributed by atoms with E-state index in [1.165, 1.54) is 7.11 Å². The van der Waals surface area contributed by atoms with Crippen molar-refractivity contribution < 1.29 is 14.6 Å². The number of rotatable bonds is 3. The van der Waals surface area contributed by atoms with Gasteiger partial charge in [-0.05, 0) is 13.3 Å². The zero-order valence-electron chi connectivity index (χ0n) is 6.76. The molecule has 0 aromatic carbocycles. The highest BCUT2D eigenvalue weighted by Gasteiger charge is 2.13. The molecule has 0 aromatic rings. The molecule has 1 N–H and O–H groups in total. The molecule has 0 saturated carbocycles. The lowest BCUT2D eigenvalue weighted by atomic mass is 10.2. The largest absolute Gasteiger partial charge is 0.467 e. The van der Waals surface area contributed by atoms with Crippen LogP contribution in [0, 0.1) is 11.8 Å². The lowest BCUT2D eigenvalue weighted by Crippen LogP contribution is -2.21. The van der Waals surface area contributed by atoms with Gasteiger partial charge in [-0.15, -0.1) is 11.8 Å². The SMILES string of the molecule is CC#CCCC(O)C(=O)OC. The Hall–Kier alpha value is -1.01. The molecule has 1 unspecified atom stereocenters. The van der Waals surface area contributed by atoms with E-state index in [1.54, 1.807) is 6.92 Å². The Morgan fingerprint density at radius 1 is 1.73 bits per heavy atom. The van der Waals surface area contributed by atoms with Crippen molar-refractivity contribution in [3.63, 3.8) is 0 Å². The number of esters is 1. The van der Waals surface area contributed by atoms with Crippen molar-refractivity contribution in [2.75, 3.05) is 7.11 Å². The molecule has 0 spiro atoms. The van der Waals surface area contributed by atoms with Crippen LogP contribution in [0.15, 0.2) is 0 Å². The van der Waals surface area contributed by atoms with E-state index in [2.05, 4.69) is 16.6 Å². The predicted octanol–water partition coefficient (Wildman–Crippen LogP) is 0.324. The standard InChI is InChI=1S/C8H12O3/c1-3-4-5-6-7(9)8(10)11-2/h7,9H,5-6H2,1-2H3. The number of ether oxygens (including phenoxy) is 1. The maximum atomic E-state index is 10.6. The summed E-state index contributed by atoms with van der Waals surface area (Å²) in [6.45, 7) is 1.71. The van der Waals surface area contributed by atoms with Gasteiger partial charge in [0.05, 0.1) is 7.11 Å². The van der Waals surface area contributed by atoms with E-state index in [0.29, 0.717) is 12.8 Å². The first kappa shape index (κ1) is 9.99. The molecule has 0 radical (unpaired) electrons. The molecule has 0 fully saturated rings. The summed E-state index contributed by atoms with van der Waals surface area (Å²) in [5.41, 5.74) is 0. The van der Waals surface area contributed by atoms with Gasteiger partial charge >= 0.3 is 5.97 Å². The molecule has 11 heavy (non-hydrogen) atoms. The van der Waals surface area contributed by atoms with Gasteiger partial charge < -0.3 is 9.84 Å². The van der Waals surface area contributed by atoms with E-state index in [9.17, 15) is 4.79 Å². The molecule has 3 heteroatoms. The van der Waals surface area contributed by atoms with Crippen LogP contribution in [0.3, 0.4) is 0 Å². The van der Waals surface area contributed by atoms with E-state index in [1.807, 2.05) is 0 Å². The summed E-state index contributed by atoms with van der Waals surface area (Å²) in [6, 6.07) is 0. The lowest BCUT2D eigenvalue weighted by Gasteiger charge is -2.04. The highest BCUT2D eigenvalue weighted by Crippen LogP contribution is 1.97. The number of aliphatic hydroxyl groups is 1. The number of aliphatic hydroxyl groups excluding tert-OH is 1. The number of carbonyl (C=O) groups is 1. The summed E-state index contributed by atoms with van der Waals surface area (Å²) in [5, 5.41) is 9.00. The Bertz CT molecular complexity index is 176. The van der Waals surface area contributed by atoms with E-state index in [0.717, 1.165) is 0 Å². The topological polar surface area (TPSA) is 46.5 Å². The summed E-state index contributed by atoms with van der Waals surface area (Å²) in [5.74, 6) is 4.81. The smallest absolute Gasteiger partial charge is 0.334 e. The molecular weight excluding hydrogens is 144 g/mol. The number of hydrogen-bond donors (Lipinski definition) is 1. The van der Waals surface area contributed by atoms with Gasteiger partial charge in [0.15, 0.2) is 6.10 Å². The minimum atomic E-state index is -1.03. The van der Waals surface area contributed by atoms with E-state index in [4.69, 9.17) is 5.11 Å². The quantitative estimate of drug-likeness (QED) is 0.473. The first-order chi connectivity index (χ1) is 5.22. The molecular formula is C8H12O3. The Balaban J connectivity index is 3.57. The molecule has 62 valence electrons. The van der Waals surface area contributed by atoms with Crippen molar-refractivity contribution in [3.8, 4) is 11.8 Å². The van der Waals surface area contributed by atoms with Crippen LogP contribution < -0.4 is 0 Å². The van der Waals surface area contributed by atoms with Crippen molar-refractivity contribution in [2.45, 2.75) is 25.9 Å². The Labute approximate surface area is 66.4 Å². The number of hydrogen-bond acceptors (Lipinski definition) is 3. The Morgan fingerprint density at radius 3 is 2.82 bits per heavy atom. The number of methoxy groups -OCH3 is 1. The zero-order chi connectivity index (χ0) is 8.69. The van der Waals surface area contributed by atoms with Gasteiger partial charge in [-0.25, -0.2) is 4.79 Å². The highest BCUT2D eigenvalue weighted by molar-refractivity contribution is 5.74.